The fourth-order valence-corrected chi connectivity index (χ4v) is 5.41. The molecule has 3 aromatic heterocycles. The van der Waals surface area contributed by atoms with Crippen molar-refractivity contribution in [3.63, 3.8) is 0 Å². The van der Waals surface area contributed by atoms with E-state index in [1.807, 2.05) is 72.6 Å². The number of thiophene rings is 1. The van der Waals surface area contributed by atoms with Crippen molar-refractivity contribution >= 4 is 46.2 Å². The summed E-state index contributed by atoms with van der Waals surface area (Å²) in [6, 6.07) is 18.3. The number of fused-ring (bicyclic) bond motifs is 1. The third-order valence-electron chi connectivity index (χ3n) is 6.85. The lowest BCUT2D eigenvalue weighted by Crippen LogP contribution is -2.28. The highest BCUT2D eigenvalue weighted by atomic mass is 32.1. The number of likely N-dealkylation sites (N-methyl/N-ethyl adjacent to an activating group) is 1. The van der Waals surface area contributed by atoms with Gasteiger partial charge in [-0.2, -0.15) is 9.97 Å². The normalized spacial score (nSPS) is 11.5. The number of benzene rings is 2. The molecule has 230 valence electrons. The summed E-state index contributed by atoms with van der Waals surface area (Å²) >= 11 is 1.48. The molecule has 0 aliphatic rings. The molecule has 5 N–H and O–H groups in total. The summed E-state index contributed by atoms with van der Waals surface area (Å²) in [5.41, 5.74) is 10.5. The number of aliphatic carboxylic acids is 1. The van der Waals surface area contributed by atoms with Gasteiger partial charge >= 0.3 is 18.1 Å². The van der Waals surface area contributed by atoms with E-state index < -0.39 is 18.1 Å². The van der Waals surface area contributed by atoms with Crippen LogP contribution in [0.5, 0.6) is 5.88 Å². The number of nitrogens with zero attached hydrogens (tertiary/aromatic N) is 5. The van der Waals surface area contributed by atoms with Crippen molar-refractivity contribution in [1.29, 1.82) is 0 Å². The number of carbonyl (C=O) groups is 2. The highest BCUT2D eigenvalue weighted by Gasteiger charge is 2.23. The summed E-state index contributed by atoms with van der Waals surface area (Å²) < 4.78 is 11.2. The Morgan fingerprint density at radius 1 is 1.11 bits per heavy atom. The average molecular weight is 627 g/mol. The number of alkyl carbamates (subject to hydrolysis) is 1. The van der Waals surface area contributed by atoms with Crippen LogP contribution in [0.25, 0.3) is 26.4 Å². The highest BCUT2D eigenvalue weighted by Crippen LogP contribution is 2.30. The number of anilines is 2. The lowest BCUT2D eigenvalue weighted by molar-refractivity contribution is -0.137. The number of rotatable bonds is 13. The van der Waals surface area contributed by atoms with E-state index in [9.17, 15) is 9.59 Å². The van der Waals surface area contributed by atoms with Gasteiger partial charge in [0.25, 0.3) is 0 Å². The number of imidazole rings is 1. The van der Waals surface area contributed by atoms with Crippen LogP contribution in [0.1, 0.15) is 16.0 Å². The molecule has 1 unspecified atom stereocenters. The monoisotopic (exact) mass is 626 g/mol. The number of aromatic amines is 1. The third kappa shape index (κ3) is 8.03. The number of aromatic nitrogens is 4. The van der Waals surface area contributed by atoms with E-state index >= 15 is 0 Å². The van der Waals surface area contributed by atoms with Crippen molar-refractivity contribution < 1.29 is 24.2 Å². The maximum absolute atomic E-state index is 12.3. The van der Waals surface area contributed by atoms with Crippen LogP contribution in [0.2, 0.25) is 0 Å². The van der Waals surface area contributed by atoms with Gasteiger partial charge in [0.1, 0.15) is 18.7 Å². The molecule has 0 fully saturated rings. The van der Waals surface area contributed by atoms with Crippen LogP contribution in [0.4, 0.5) is 16.4 Å². The summed E-state index contributed by atoms with van der Waals surface area (Å²) in [6.45, 7) is 8.35. The van der Waals surface area contributed by atoms with Crippen molar-refractivity contribution in [1.82, 2.24) is 25.3 Å². The van der Waals surface area contributed by atoms with Crippen LogP contribution >= 0.6 is 11.3 Å². The summed E-state index contributed by atoms with van der Waals surface area (Å²) in [4.78, 5) is 45.6. The smallest absolute Gasteiger partial charge is 0.407 e. The van der Waals surface area contributed by atoms with Gasteiger partial charge in [0.2, 0.25) is 11.8 Å². The lowest BCUT2D eigenvalue weighted by atomic mass is 10.1. The van der Waals surface area contributed by atoms with E-state index in [0.29, 0.717) is 30.1 Å². The zero-order chi connectivity index (χ0) is 31.8. The standard InChI is InChI=1S/C31H30N8O5S/c1-33-24(29(40)41)15-23-11-12-25(45-23)21-7-9-22(10-8-21)39(2)13-14-43-31(42)34-16-19-3-5-20(6-4-19)17-44-28-26-27(36-18-35-26)37-30(32)38-28/h3-12,18,24H,13-17H2,2H3,(H,34,42)(H,40,41)(H3,32,35,36,37,38). The Morgan fingerprint density at radius 2 is 1.87 bits per heavy atom. The predicted octanol–water partition coefficient (Wildman–Crippen LogP) is 4.52. The summed E-state index contributed by atoms with van der Waals surface area (Å²) in [5, 5.41) is 11.9. The van der Waals surface area contributed by atoms with E-state index in [-0.39, 0.29) is 25.6 Å². The topological polar surface area (TPSA) is 173 Å². The molecule has 14 heteroatoms. The third-order valence-corrected chi connectivity index (χ3v) is 8.01. The quantitative estimate of drug-likeness (QED) is 0.136. The minimum atomic E-state index is -1.11. The second kappa shape index (κ2) is 14.2. The minimum absolute atomic E-state index is 0.0817. The van der Waals surface area contributed by atoms with Crippen molar-refractivity contribution in [2.24, 2.45) is 0 Å². The van der Waals surface area contributed by atoms with Gasteiger partial charge in [-0.25, -0.2) is 21.1 Å². The highest BCUT2D eigenvalue weighted by molar-refractivity contribution is 7.15. The Labute approximate surface area is 262 Å². The van der Waals surface area contributed by atoms with Gasteiger partial charge in [-0.15, -0.1) is 11.3 Å². The molecule has 3 heterocycles. The molecule has 0 saturated heterocycles. The zero-order valence-corrected chi connectivity index (χ0v) is 25.1. The maximum Gasteiger partial charge on any atom is 0.407 e. The number of hydrogen-bond acceptors (Lipinski definition) is 10. The number of nitrogens with two attached hydrogens (primary N) is 1. The Balaban J connectivity index is 1.02. The zero-order valence-electron chi connectivity index (χ0n) is 24.3. The molecular weight excluding hydrogens is 596 g/mol. The number of nitrogens with one attached hydrogen (secondary N) is 2. The first-order valence-electron chi connectivity index (χ1n) is 13.9. The summed E-state index contributed by atoms with van der Waals surface area (Å²) in [5.74, 6) is -0.699. The number of hydrogen-bond donors (Lipinski definition) is 4. The largest absolute Gasteiger partial charge is 0.476 e. The number of amides is 1. The van der Waals surface area contributed by atoms with Crippen LogP contribution in [0.3, 0.4) is 0 Å². The molecule has 0 bridgehead atoms. The van der Waals surface area contributed by atoms with E-state index in [0.717, 1.165) is 32.1 Å². The Morgan fingerprint density at radius 3 is 2.60 bits per heavy atom. The number of H-pyrrole nitrogens is 1. The summed E-state index contributed by atoms with van der Waals surface area (Å²) in [7, 11) is 1.92. The molecule has 5 rings (SSSR count). The minimum Gasteiger partial charge on any atom is -0.476 e. The first-order chi connectivity index (χ1) is 21.8. The molecule has 0 radical (unpaired) electrons. The number of carboxylic acids is 1. The van der Waals surface area contributed by atoms with E-state index in [4.69, 9.17) is 26.9 Å². The van der Waals surface area contributed by atoms with E-state index in [1.165, 1.54) is 17.7 Å². The molecule has 5 aromatic rings. The number of ether oxygens (including phenoxy) is 2. The molecule has 13 nitrogen and oxygen atoms in total. The van der Waals surface area contributed by atoms with Gasteiger partial charge in [-0.1, -0.05) is 36.4 Å². The second-order valence-corrected chi connectivity index (χ2v) is 11.2. The van der Waals surface area contributed by atoms with E-state index in [1.54, 1.807) is 0 Å². The Kier molecular flexibility index (Phi) is 9.70. The fourth-order valence-electron chi connectivity index (χ4n) is 4.36. The number of carbonyl (C=O) groups excluding carboxylic acids is 1. The van der Waals surface area contributed by atoms with Crippen LogP contribution in [-0.4, -0.2) is 63.3 Å². The average Bonchev–Trinajstić information content (AvgIpc) is 3.72. The lowest BCUT2D eigenvalue weighted by Gasteiger charge is -2.19. The van der Waals surface area contributed by atoms with Gasteiger partial charge in [0.05, 0.1) is 19.3 Å². The second-order valence-electron chi connectivity index (χ2n) is 10.0. The fraction of sp³-hybridized carbons (Fsp3) is 0.226. The van der Waals surface area contributed by atoms with Gasteiger partial charge < -0.3 is 40.4 Å². The van der Waals surface area contributed by atoms with Crippen LogP contribution < -0.4 is 20.7 Å². The van der Waals surface area contributed by atoms with Gasteiger partial charge in [0.15, 0.2) is 5.65 Å². The SMILES string of the molecule is [C-]#[N+]C(Cc1ccc(-c2ccc(N(C)CCOC(=O)NCc3ccc(COc4nc(N)nc5nc[nH]c45)cc3)cc2)s1)C(=O)O. The van der Waals surface area contributed by atoms with Gasteiger partial charge in [0, 0.05) is 29.0 Å². The van der Waals surface area contributed by atoms with Crippen molar-refractivity contribution in [2.75, 3.05) is 30.8 Å². The molecule has 0 aliphatic carbocycles. The molecule has 0 spiro atoms. The van der Waals surface area contributed by atoms with E-state index in [2.05, 4.69) is 30.1 Å². The first-order valence-corrected chi connectivity index (χ1v) is 14.7. The van der Waals surface area contributed by atoms with Crippen molar-refractivity contribution in [2.45, 2.75) is 25.6 Å². The maximum atomic E-state index is 12.3. The van der Waals surface area contributed by atoms with Crippen LogP contribution in [0.15, 0.2) is 67.0 Å². The first kappa shape index (κ1) is 30.8. The molecule has 1 amide bonds. The van der Waals surface area contributed by atoms with Crippen molar-refractivity contribution in [3.8, 4) is 16.3 Å². The number of carboxylic acid groups (broad SMARTS) is 1. The number of nitrogen functional groups attached to an aromatic ring is 1. The van der Waals surface area contributed by atoms with Crippen LogP contribution in [-0.2, 0) is 29.1 Å². The molecule has 2 aromatic carbocycles. The van der Waals surface area contributed by atoms with Gasteiger partial charge in [-0.3, -0.25) is 0 Å². The van der Waals surface area contributed by atoms with Crippen molar-refractivity contribution in [3.05, 3.63) is 94.4 Å². The molecule has 0 aliphatic heterocycles. The molecule has 1 atom stereocenters. The Bertz CT molecular complexity index is 1810. The molecule has 0 saturated carbocycles. The summed E-state index contributed by atoms with van der Waals surface area (Å²) in [6.07, 6.45) is 1.19. The Hall–Kier alpha value is -5.68. The molecular formula is C31H30N8O5S. The molecule has 45 heavy (non-hydrogen) atoms. The predicted molar refractivity (Wildman–Crippen MR) is 170 cm³/mol. The van der Waals surface area contributed by atoms with Crippen LogP contribution in [0, 0.1) is 6.57 Å². The van der Waals surface area contributed by atoms with Gasteiger partial charge in [-0.05, 0) is 41.0 Å².